The van der Waals surface area contributed by atoms with E-state index in [2.05, 4.69) is 13.8 Å². The fourth-order valence-corrected chi connectivity index (χ4v) is 2.08. The van der Waals surface area contributed by atoms with Crippen molar-refractivity contribution in [2.24, 2.45) is 11.3 Å². The number of hydrogen-bond acceptors (Lipinski definition) is 3. The first kappa shape index (κ1) is 15.4. The molecule has 1 saturated carbocycles. The Balaban J connectivity index is 2.40. The highest BCUT2D eigenvalue weighted by molar-refractivity contribution is 5.82. The number of nitrogens with zero attached hydrogens (tertiary/aromatic N) is 1. The van der Waals surface area contributed by atoms with Gasteiger partial charge in [-0.25, -0.2) is 0 Å². The second-order valence-electron chi connectivity index (χ2n) is 5.46. The predicted octanol–water partition coefficient (Wildman–Crippen LogP) is 1.93. The second kappa shape index (κ2) is 7.10. The summed E-state index contributed by atoms with van der Waals surface area (Å²) < 4.78 is 10.7. The number of carbonyl (C=O) groups excluding carboxylic acids is 1. The Bertz CT molecular complexity index is 256. The highest BCUT2D eigenvalue weighted by Gasteiger charge is 2.51. The Kier molecular flexibility index (Phi) is 6.09. The minimum absolute atomic E-state index is 0.187. The third-order valence-electron chi connectivity index (χ3n) is 3.54. The predicted molar refractivity (Wildman–Crippen MR) is 71.5 cm³/mol. The first-order valence-electron chi connectivity index (χ1n) is 6.97. The summed E-state index contributed by atoms with van der Waals surface area (Å²) in [6.07, 6.45) is 1.01. The fourth-order valence-electron chi connectivity index (χ4n) is 2.08. The monoisotopic (exact) mass is 257 g/mol. The van der Waals surface area contributed by atoms with Crippen LogP contribution in [0.15, 0.2) is 0 Å². The highest BCUT2D eigenvalue weighted by Crippen LogP contribution is 2.52. The Morgan fingerprint density at radius 2 is 1.61 bits per heavy atom. The molecule has 0 aliphatic heterocycles. The van der Waals surface area contributed by atoms with Gasteiger partial charge in [-0.15, -0.1) is 0 Å². The molecule has 0 saturated heterocycles. The third-order valence-corrected chi connectivity index (χ3v) is 3.54. The molecule has 1 aliphatic carbocycles. The van der Waals surface area contributed by atoms with Crippen molar-refractivity contribution in [3.63, 3.8) is 0 Å². The summed E-state index contributed by atoms with van der Waals surface area (Å²) in [6, 6.07) is 0. The molecule has 1 amide bonds. The molecule has 4 nitrogen and oxygen atoms in total. The average Bonchev–Trinajstić information content (AvgIpc) is 2.96. The molecule has 1 atom stereocenters. The largest absolute Gasteiger partial charge is 0.380 e. The second-order valence-corrected chi connectivity index (χ2v) is 5.46. The zero-order valence-electron chi connectivity index (χ0n) is 12.2. The van der Waals surface area contributed by atoms with Crippen molar-refractivity contribution in [1.29, 1.82) is 0 Å². The van der Waals surface area contributed by atoms with Gasteiger partial charge in [-0.3, -0.25) is 4.79 Å². The molecule has 0 aromatic heterocycles. The van der Waals surface area contributed by atoms with Gasteiger partial charge in [0.1, 0.15) is 0 Å². The van der Waals surface area contributed by atoms with Crippen LogP contribution in [0.2, 0.25) is 0 Å². The van der Waals surface area contributed by atoms with E-state index >= 15 is 0 Å². The van der Waals surface area contributed by atoms with Crippen LogP contribution in [0.5, 0.6) is 0 Å². The van der Waals surface area contributed by atoms with Gasteiger partial charge in [0.25, 0.3) is 0 Å². The van der Waals surface area contributed by atoms with E-state index in [1.807, 2.05) is 18.7 Å². The van der Waals surface area contributed by atoms with Crippen LogP contribution in [0.3, 0.4) is 0 Å². The molecule has 0 spiro atoms. The van der Waals surface area contributed by atoms with E-state index in [0.717, 1.165) is 6.42 Å². The van der Waals surface area contributed by atoms with Crippen molar-refractivity contribution < 1.29 is 14.3 Å². The summed E-state index contributed by atoms with van der Waals surface area (Å²) in [7, 11) is 0. The molecule has 0 bridgehead atoms. The summed E-state index contributed by atoms with van der Waals surface area (Å²) >= 11 is 0. The summed E-state index contributed by atoms with van der Waals surface area (Å²) in [5, 5.41) is 0. The van der Waals surface area contributed by atoms with Gasteiger partial charge in [-0.2, -0.15) is 0 Å². The van der Waals surface area contributed by atoms with Crippen molar-refractivity contribution in [2.75, 3.05) is 39.5 Å². The molecule has 0 aromatic rings. The van der Waals surface area contributed by atoms with Crippen molar-refractivity contribution in [3.8, 4) is 0 Å². The lowest BCUT2D eigenvalue weighted by molar-refractivity contribution is -0.134. The van der Waals surface area contributed by atoms with Gasteiger partial charge in [-0.05, 0) is 25.7 Å². The quantitative estimate of drug-likeness (QED) is 0.592. The average molecular weight is 257 g/mol. The van der Waals surface area contributed by atoms with Crippen molar-refractivity contribution in [1.82, 2.24) is 4.90 Å². The van der Waals surface area contributed by atoms with Crippen LogP contribution in [0.1, 0.15) is 34.1 Å². The number of rotatable bonds is 9. The van der Waals surface area contributed by atoms with Gasteiger partial charge in [0.15, 0.2) is 0 Å². The van der Waals surface area contributed by atoms with Crippen LogP contribution in [0, 0.1) is 11.3 Å². The van der Waals surface area contributed by atoms with E-state index in [1.54, 1.807) is 0 Å². The lowest BCUT2D eigenvalue weighted by atomic mass is 10.1. The summed E-state index contributed by atoms with van der Waals surface area (Å²) in [5.74, 6) is 0.458. The Hall–Kier alpha value is -0.610. The molecule has 1 unspecified atom stereocenters. The molecule has 1 aliphatic rings. The fraction of sp³-hybridized carbons (Fsp3) is 0.929. The van der Waals surface area contributed by atoms with Crippen LogP contribution in [0.25, 0.3) is 0 Å². The zero-order chi connectivity index (χ0) is 13.6. The third kappa shape index (κ3) is 4.58. The van der Waals surface area contributed by atoms with Crippen molar-refractivity contribution in [3.05, 3.63) is 0 Å². The number of amides is 1. The van der Waals surface area contributed by atoms with E-state index in [4.69, 9.17) is 9.47 Å². The smallest absolute Gasteiger partial charge is 0.226 e. The Labute approximate surface area is 111 Å². The molecule has 1 fully saturated rings. The van der Waals surface area contributed by atoms with Crippen LogP contribution >= 0.6 is 0 Å². The molecular formula is C14H27NO3. The van der Waals surface area contributed by atoms with E-state index in [0.29, 0.717) is 39.5 Å². The molecule has 1 rings (SSSR count). The minimum atomic E-state index is 0.187. The standard InChI is InChI=1S/C14H27NO3/c1-5-17-9-7-15(8-10-18-6-2)13(16)12-11-14(12,3)4/h12H,5-11H2,1-4H3. The zero-order valence-corrected chi connectivity index (χ0v) is 12.2. The minimum Gasteiger partial charge on any atom is -0.380 e. The van der Waals surface area contributed by atoms with Crippen LogP contribution in [0.4, 0.5) is 0 Å². The summed E-state index contributed by atoms with van der Waals surface area (Å²) in [5.41, 5.74) is 0.187. The number of hydrogen-bond donors (Lipinski definition) is 0. The Morgan fingerprint density at radius 1 is 1.17 bits per heavy atom. The van der Waals surface area contributed by atoms with Crippen molar-refractivity contribution in [2.45, 2.75) is 34.1 Å². The number of ether oxygens (including phenoxy) is 2. The maximum absolute atomic E-state index is 12.3. The molecule has 0 N–H and O–H groups in total. The number of carbonyl (C=O) groups is 1. The molecule has 0 radical (unpaired) electrons. The molecule has 18 heavy (non-hydrogen) atoms. The van der Waals surface area contributed by atoms with Gasteiger partial charge < -0.3 is 14.4 Å². The van der Waals surface area contributed by atoms with Crippen LogP contribution < -0.4 is 0 Å². The lowest BCUT2D eigenvalue weighted by Crippen LogP contribution is -2.38. The topological polar surface area (TPSA) is 38.8 Å². The van der Waals surface area contributed by atoms with Gasteiger partial charge >= 0.3 is 0 Å². The van der Waals surface area contributed by atoms with Crippen LogP contribution in [-0.4, -0.2) is 50.3 Å². The first-order chi connectivity index (χ1) is 8.53. The van der Waals surface area contributed by atoms with E-state index in [-0.39, 0.29) is 17.2 Å². The summed E-state index contributed by atoms with van der Waals surface area (Å²) in [6.45, 7) is 12.2. The van der Waals surface area contributed by atoms with Gasteiger partial charge in [0.05, 0.1) is 13.2 Å². The van der Waals surface area contributed by atoms with Crippen LogP contribution in [-0.2, 0) is 14.3 Å². The molecule has 0 heterocycles. The van der Waals surface area contributed by atoms with Gasteiger partial charge in [0.2, 0.25) is 5.91 Å². The molecule has 0 aromatic carbocycles. The molecule has 106 valence electrons. The molecule has 4 heteroatoms. The van der Waals surface area contributed by atoms with E-state index < -0.39 is 0 Å². The van der Waals surface area contributed by atoms with E-state index in [9.17, 15) is 4.79 Å². The SMILES string of the molecule is CCOCCN(CCOCC)C(=O)C1CC1(C)C. The maximum atomic E-state index is 12.3. The molecular weight excluding hydrogens is 230 g/mol. The van der Waals surface area contributed by atoms with E-state index in [1.165, 1.54) is 0 Å². The lowest BCUT2D eigenvalue weighted by Gasteiger charge is -2.23. The first-order valence-corrected chi connectivity index (χ1v) is 6.97. The Morgan fingerprint density at radius 3 is 1.94 bits per heavy atom. The van der Waals surface area contributed by atoms with Gasteiger partial charge in [-0.1, -0.05) is 13.8 Å². The summed E-state index contributed by atoms with van der Waals surface area (Å²) in [4.78, 5) is 14.2. The highest BCUT2D eigenvalue weighted by atomic mass is 16.5. The normalized spacial score (nSPS) is 20.8. The van der Waals surface area contributed by atoms with Crippen molar-refractivity contribution >= 4 is 5.91 Å². The maximum Gasteiger partial charge on any atom is 0.226 e. The van der Waals surface area contributed by atoms with Gasteiger partial charge in [0, 0.05) is 32.2 Å².